The van der Waals surface area contributed by atoms with Crippen LogP contribution in [0.2, 0.25) is 0 Å². The average Bonchev–Trinajstić information content (AvgIpc) is 2.67. The number of rotatable bonds is 3. The summed E-state index contributed by atoms with van der Waals surface area (Å²) in [4.78, 5) is 14.8. The quantitative estimate of drug-likeness (QED) is 0.900. The van der Waals surface area contributed by atoms with E-state index in [9.17, 15) is 9.90 Å². The van der Waals surface area contributed by atoms with E-state index in [1.807, 2.05) is 6.92 Å². The van der Waals surface area contributed by atoms with Crippen molar-refractivity contribution >= 4 is 17.3 Å². The maximum atomic E-state index is 11.2. The first-order valence-electron chi connectivity index (χ1n) is 6.09. The van der Waals surface area contributed by atoms with Crippen LogP contribution in [0.25, 0.3) is 0 Å². The summed E-state index contributed by atoms with van der Waals surface area (Å²) >= 11 is 1.76. The van der Waals surface area contributed by atoms with Gasteiger partial charge in [-0.05, 0) is 50.2 Å². The van der Waals surface area contributed by atoms with Gasteiger partial charge in [-0.1, -0.05) is 0 Å². The van der Waals surface area contributed by atoms with Crippen LogP contribution < -0.4 is 0 Å². The molecule has 2 rings (SSSR count). The molecule has 0 unspecified atom stereocenters. The number of aliphatic carboxylic acids is 1. The number of aryl methyl sites for hydroxylation is 1. The van der Waals surface area contributed by atoms with Crippen molar-refractivity contribution in [3.05, 3.63) is 21.9 Å². The first-order chi connectivity index (χ1) is 8.09. The molecular formula is C13H19NO2S. The molecular weight excluding hydrogens is 234 g/mol. The molecule has 94 valence electrons. The van der Waals surface area contributed by atoms with Crippen molar-refractivity contribution in [1.29, 1.82) is 0 Å². The van der Waals surface area contributed by atoms with Crippen LogP contribution >= 0.6 is 11.3 Å². The summed E-state index contributed by atoms with van der Waals surface area (Å²) in [6.45, 7) is 6.07. The van der Waals surface area contributed by atoms with Crippen LogP contribution in [0.3, 0.4) is 0 Å². The molecule has 0 radical (unpaired) electrons. The van der Waals surface area contributed by atoms with E-state index in [2.05, 4.69) is 23.3 Å². The Labute approximate surface area is 106 Å². The van der Waals surface area contributed by atoms with Crippen LogP contribution in [0.5, 0.6) is 0 Å². The Bertz CT molecular complexity index is 402. The van der Waals surface area contributed by atoms with Crippen molar-refractivity contribution in [1.82, 2.24) is 4.90 Å². The van der Waals surface area contributed by atoms with E-state index in [0.717, 1.165) is 25.9 Å². The smallest absolute Gasteiger partial charge is 0.308 e. The zero-order chi connectivity index (χ0) is 12.4. The van der Waals surface area contributed by atoms with Gasteiger partial charge in [0.25, 0.3) is 0 Å². The number of hydrogen-bond acceptors (Lipinski definition) is 3. The second kappa shape index (κ2) is 5.19. The van der Waals surface area contributed by atoms with Crippen molar-refractivity contribution in [3.63, 3.8) is 0 Å². The Morgan fingerprint density at radius 3 is 3.00 bits per heavy atom. The van der Waals surface area contributed by atoms with E-state index < -0.39 is 5.97 Å². The molecule has 1 aliphatic rings. The van der Waals surface area contributed by atoms with Gasteiger partial charge in [-0.15, -0.1) is 11.3 Å². The van der Waals surface area contributed by atoms with Crippen molar-refractivity contribution < 1.29 is 9.90 Å². The van der Waals surface area contributed by atoms with Crippen LogP contribution in [0.15, 0.2) is 11.4 Å². The fraction of sp³-hybridized carbons (Fsp3) is 0.615. The summed E-state index contributed by atoms with van der Waals surface area (Å²) < 4.78 is 0. The maximum Gasteiger partial charge on any atom is 0.308 e. The minimum absolute atomic E-state index is 0.139. The molecule has 0 aromatic carbocycles. The van der Waals surface area contributed by atoms with E-state index in [4.69, 9.17) is 0 Å². The molecule has 0 spiro atoms. The van der Waals surface area contributed by atoms with E-state index >= 15 is 0 Å². The fourth-order valence-corrected chi connectivity index (χ4v) is 3.28. The third-order valence-corrected chi connectivity index (χ3v) is 4.66. The molecule has 0 saturated carbocycles. The van der Waals surface area contributed by atoms with Gasteiger partial charge >= 0.3 is 5.97 Å². The largest absolute Gasteiger partial charge is 0.481 e. The first-order valence-corrected chi connectivity index (χ1v) is 6.97. The van der Waals surface area contributed by atoms with Gasteiger partial charge in [0.1, 0.15) is 0 Å². The Morgan fingerprint density at radius 2 is 2.41 bits per heavy atom. The van der Waals surface area contributed by atoms with Crippen LogP contribution in [0.1, 0.15) is 30.2 Å². The highest BCUT2D eigenvalue weighted by Crippen LogP contribution is 2.27. The van der Waals surface area contributed by atoms with Crippen LogP contribution in [0, 0.1) is 12.8 Å². The molecule has 4 heteroatoms. The lowest BCUT2D eigenvalue weighted by Crippen LogP contribution is -2.45. The summed E-state index contributed by atoms with van der Waals surface area (Å²) in [5.41, 5.74) is 1.34. The summed E-state index contributed by atoms with van der Waals surface area (Å²) in [5, 5.41) is 11.3. The fourth-order valence-electron chi connectivity index (χ4n) is 2.56. The highest BCUT2D eigenvalue weighted by molar-refractivity contribution is 7.10. The topological polar surface area (TPSA) is 40.5 Å². The maximum absolute atomic E-state index is 11.2. The standard InChI is InChI=1S/C13H19NO2S/c1-9-12(13(15)16)4-3-6-14(9)8-11-5-7-17-10(11)2/h5,7,9,12H,3-4,6,8H2,1-2H3,(H,15,16)/t9-,12-/m1/s1. The van der Waals surface area contributed by atoms with Crippen LogP contribution in [0.4, 0.5) is 0 Å². The molecule has 1 aliphatic heterocycles. The molecule has 1 saturated heterocycles. The zero-order valence-electron chi connectivity index (χ0n) is 10.3. The number of hydrogen-bond donors (Lipinski definition) is 1. The second-order valence-corrected chi connectivity index (χ2v) is 5.92. The van der Waals surface area contributed by atoms with Gasteiger partial charge in [0, 0.05) is 17.5 Å². The van der Waals surface area contributed by atoms with Gasteiger partial charge in [0.15, 0.2) is 0 Å². The number of carboxylic acids is 1. The van der Waals surface area contributed by atoms with E-state index in [-0.39, 0.29) is 12.0 Å². The monoisotopic (exact) mass is 253 g/mol. The van der Waals surface area contributed by atoms with Gasteiger partial charge in [0.2, 0.25) is 0 Å². The Morgan fingerprint density at radius 1 is 1.65 bits per heavy atom. The lowest BCUT2D eigenvalue weighted by molar-refractivity contribution is -0.145. The number of thiophene rings is 1. The van der Waals surface area contributed by atoms with E-state index in [1.54, 1.807) is 11.3 Å². The molecule has 17 heavy (non-hydrogen) atoms. The summed E-state index contributed by atoms with van der Waals surface area (Å²) in [5.74, 6) is -0.855. The third kappa shape index (κ3) is 2.69. The zero-order valence-corrected chi connectivity index (χ0v) is 11.2. The van der Waals surface area contributed by atoms with Crippen molar-refractivity contribution in [2.45, 2.75) is 39.3 Å². The van der Waals surface area contributed by atoms with Crippen molar-refractivity contribution in [2.24, 2.45) is 5.92 Å². The van der Waals surface area contributed by atoms with Crippen molar-refractivity contribution in [3.8, 4) is 0 Å². The molecule has 1 aromatic rings. The minimum Gasteiger partial charge on any atom is -0.481 e. The van der Waals surface area contributed by atoms with Crippen molar-refractivity contribution in [2.75, 3.05) is 6.54 Å². The molecule has 3 nitrogen and oxygen atoms in total. The van der Waals surface area contributed by atoms with Gasteiger partial charge in [-0.2, -0.15) is 0 Å². The second-order valence-electron chi connectivity index (χ2n) is 4.80. The first kappa shape index (κ1) is 12.6. The average molecular weight is 253 g/mol. The van der Waals surface area contributed by atoms with Crippen LogP contribution in [-0.4, -0.2) is 28.6 Å². The SMILES string of the molecule is Cc1sccc1CN1CCC[C@@H](C(=O)O)[C@H]1C. The predicted octanol–water partition coefficient (Wildman–Crippen LogP) is 2.74. The molecule has 1 fully saturated rings. The van der Waals surface area contributed by atoms with Crippen LogP contribution in [-0.2, 0) is 11.3 Å². The number of carboxylic acid groups (broad SMARTS) is 1. The molecule has 1 N–H and O–H groups in total. The number of likely N-dealkylation sites (tertiary alicyclic amines) is 1. The van der Waals surface area contributed by atoms with Gasteiger partial charge in [-0.25, -0.2) is 0 Å². The molecule has 0 aliphatic carbocycles. The minimum atomic E-state index is -0.649. The third-order valence-electron chi connectivity index (χ3n) is 3.78. The molecule has 0 amide bonds. The van der Waals surface area contributed by atoms with E-state index in [0.29, 0.717) is 0 Å². The summed E-state index contributed by atoms with van der Waals surface area (Å²) in [6.07, 6.45) is 1.81. The van der Waals surface area contributed by atoms with Gasteiger partial charge in [-0.3, -0.25) is 9.69 Å². The number of carbonyl (C=O) groups is 1. The number of piperidine rings is 1. The highest BCUT2D eigenvalue weighted by atomic mass is 32.1. The number of nitrogens with zero attached hydrogens (tertiary/aromatic N) is 1. The molecule has 1 aromatic heterocycles. The van der Waals surface area contributed by atoms with E-state index in [1.165, 1.54) is 10.4 Å². The Balaban J connectivity index is 2.06. The lowest BCUT2D eigenvalue weighted by atomic mass is 9.90. The van der Waals surface area contributed by atoms with Gasteiger partial charge in [0.05, 0.1) is 5.92 Å². The lowest BCUT2D eigenvalue weighted by Gasteiger charge is -2.37. The Hall–Kier alpha value is -0.870. The molecule has 2 heterocycles. The summed E-state index contributed by atoms with van der Waals surface area (Å²) in [7, 11) is 0. The molecule has 0 bridgehead atoms. The predicted molar refractivity (Wildman–Crippen MR) is 69.3 cm³/mol. The highest BCUT2D eigenvalue weighted by Gasteiger charge is 2.32. The normalized spacial score (nSPS) is 26.0. The van der Waals surface area contributed by atoms with Gasteiger partial charge < -0.3 is 5.11 Å². The summed E-state index contributed by atoms with van der Waals surface area (Å²) in [6, 6.07) is 2.29. The molecule has 2 atom stereocenters. The Kier molecular flexibility index (Phi) is 3.84.